The first-order valence-corrected chi connectivity index (χ1v) is 49.1. The standard InChI is InChI=1S/C27H28ClN3O3.C25H21ClN2O2.C22H21ClN2O2.C22H23ClN2O.C21H18Cl2N2O2/c1-19(32)31-15-13-21(14-16-31)27(33)30-23-6-4-5-20(17-23)18-29-25-7-2-3-8-26(25)34-24-11-9-22(28)10-12-24;1-17(29)28-25-19(11-10-18-6-2-3-7-22(18)25)16-27-23-8-4-5-9-24(23)30-21-14-12-20(26)13-15-21;1-15-7-12-20(25-16(2)26)17(13-15)14-24-21-5-3-4-6-22(21)27-19-10-8-18(23)9-11-19;1-3-24-20-9-5-4-8-19(20)16(2)25-21-10-6-7-11-22(21)26-18-14-12-17(23)13-15-18;1-14(26)25-19-11-8-17(23)12-15(19)13-24-20-4-2-3-5-21(20)27-18-9-6-16(22)7-10-18/h2-12,17,21,29H,13-16,18H2,1H3,(H,30,33);2-15,27H,16H2,1H3,(H,28,29);3-13,24H,14H2,1-2H3,(H,25,26);4-16,24-25H,3H2,1-2H3;2-12,24H,13H2,1H3,(H,25,26). The van der Waals surface area contributed by atoms with Crippen LogP contribution in [0.15, 0.2) is 364 Å². The maximum atomic E-state index is 12.7. The molecule has 1 saturated heterocycles. The van der Waals surface area contributed by atoms with E-state index in [0.717, 1.165) is 114 Å². The number of amides is 5. The van der Waals surface area contributed by atoms with Crippen molar-refractivity contribution in [1.29, 1.82) is 0 Å². The van der Waals surface area contributed by atoms with Gasteiger partial charge in [-0.25, -0.2) is 0 Å². The fourth-order valence-electron chi connectivity index (χ4n) is 15.4. The van der Waals surface area contributed by atoms with E-state index >= 15 is 0 Å². The van der Waals surface area contributed by atoms with Crippen molar-refractivity contribution in [3.63, 3.8) is 0 Å². The summed E-state index contributed by atoms with van der Waals surface area (Å²) in [7, 11) is 0. The summed E-state index contributed by atoms with van der Waals surface area (Å²) < 4.78 is 30.0. The monoisotopic (exact) mass is 2040 g/mol. The Hall–Kier alpha value is -15.3. The van der Waals surface area contributed by atoms with Crippen LogP contribution in [-0.4, -0.2) is 54.1 Å². The minimum atomic E-state index is -0.134. The van der Waals surface area contributed by atoms with Gasteiger partial charge in [-0.3, -0.25) is 24.0 Å². The lowest BCUT2D eigenvalue weighted by molar-refractivity contribution is -0.132. The number of benzene rings is 16. The normalized spacial score (nSPS) is 11.5. The molecule has 1 aliphatic heterocycles. The quantitative estimate of drug-likeness (QED) is 0.0188. The molecule has 21 nitrogen and oxygen atoms in total. The molecule has 0 bridgehead atoms. The molecule has 1 fully saturated rings. The zero-order chi connectivity index (χ0) is 102. The number of hydrogen-bond donors (Lipinski definition) is 10. The molecule has 1 atom stereocenters. The van der Waals surface area contributed by atoms with Gasteiger partial charge in [-0.2, -0.15) is 0 Å². The summed E-state index contributed by atoms with van der Waals surface area (Å²) in [5.74, 6) is 6.85. The van der Waals surface area contributed by atoms with E-state index in [9.17, 15) is 24.0 Å². The number of likely N-dealkylation sites (tertiary alicyclic amines) is 1. The van der Waals surface area contributed by atoms with E-state index < -0.39 is 0 Å². The van der Waals surface area contributed by atoms with Crippen molar-refractivity contribution in [3.8, 4) is 57.5 Å². The molecule has 10 N–H and O–H groups in total. The number of nitrogens with zero attached hydrogens (tertiary/aromatic N) is 1. The Morgan fingerprint density at radius 2 is 0.701 bits per heavy atom. The highest BCUT2D eigenvalue weighted by molar-refractivity contribution is 6.32. The van der Waals surface area contributed by atoms with Crippen molar-refractivity contribution in [2.45, 2.75) is 93.5 Å². The first-order chi connectivity index (χ1) is 69.8. The van der Waals surface area contributed by atoms with E-state index in [1.165, 1.54) is 26.3 Å². The summed E-state index contributed by atoms with van der Waals surface area (Å²) >= 11 is 35.8. The fraction of sp³-hybridized carbons (Fsp3) is 0.154. The zero-order valence-corrected chi connectivity index (χ0v) is 85.0. The number of ether oxygens (including phenoxy) is 5. The average Bonchev–Trinajstić information content (AvgIpc) is 0.796. The van der Waals surface area contributed by atoms with Gasteiger partial charge in [0.1, 0.15) is 28.7 Å². The van der Waals surface area contributed by atoms with Crippen molar-refractivity contribution in [1.82, 2.24) is 4.90 Å². The minimum absolute atomic E-state index is 0.00928. The second-order valence-electron chi connectivity index (χ2n) is 33.5. The second kappa shape index (κ2) is 54.1. The van der Waals surface area contributed by atoms with E-state index in [4.69, 9.17) is 93.3 Å². The maximum Gasteiger partial charge on any atom is 0.227 e. The Balaban J connectivity index is 0.000000151. The highest BCUT2D eigenvalue weighted by atomic mass is 35.5. The van der Waals surface area contributed by atoms with Crippen molar-refractivity contribution in [2.75, 3.05) is 72.8 Å². The number of piperidine rings is 1. The Morgan fingerprint density at radius 1 is 0.333 bits per heavy atom. The summed E-state index contributed by atoms with van der Waals surface area (Å²) in [5.41, 5.74) is 14.9. The van der Waals surface area contributed by atoms with Crippen molar-refractivity contribution in [2.24, 2.45) is 5.92 Å². The first kappa shape index (κ1) is 106. The molecule has 5 amide bonds. The molecule has 736 valence electrons. The Kier molecular flexibility index (Phi) is 39.8. The lowest BCUT2D eigenvalue weighted by atomic mass is 9.95. The van der Waals surface area contributed by atoms with Crippen LogP contribution < -0.4 is 76.9 Å². The average molecular weight is 2040 g/mol. The molecule has 16 aromatic carbocycles. The van der Waals surface area contributed by atoms with Gasteiger partial charge in [0.2, 0.25) is 29.5 Å². The molecular formula is C117H111Cl6N11O10. The number of para-hydroxylation sites is 11. The molecule has 27 heteroatoms. The van der Waals surface area contributed by atoms with Crippen LogP contribution in [0.25, 0.3) is 10.8 Å². The van der Waals surface area contributed by atoms with Crippen LogP contribution in [0.3, 0.4) is 0 Å². The molecule has 17 rings (SSSR count). The third-order valence-corrected chi connectivity index (χ3v) is 24.0. The number of rotatable bonds is 32. The minimum Gasteiger partial charge on any atom is -0.455 e. The number of carbonyl (C=O) groups is 5. The Labute approximate surface area is 870 Å². The zero-order valence-electron chi connectivity index (χ0n) is 80.5. The molecular weight excluding hydrogens is 1930 g/mol. The van der Waals surface area contributed by atoms with Crippen LogP contribution in [0.4, 0.5) is 56.9 Å². The highest BCUT2D eigenvalue weighted by Gasteiger charge is 2.27. The topological polar surface area (TPSA) is 255 Å². The molecule has 16 aromatic rings. The van der Waals surface area contributed by atoms with Gasteiger partial charge in [-0.1, -0.05) is 215 Å². The van der Waals surface area contributed by atoms with E-state index in [1.807, 2.05) is 280 Å². The van der Waals surface area contributed by atoms with E-state index in [-0.39, 0.29) is 41.5 Å². The fourth-order valence-corrected chi connectivity index (χ4v) is 16.2. The van der Waals surface area contributed by atoms with Gasteiger partial charge >= 0.3 is 0 Å². The summed E-state index contributed by atoms with van der Waals surface area (Å²) in [6.07, 6.45) is 1.38. The lowest BCUT2D eigenvalue weighted by Gasteiger charge is -2.30. The predicted molar refractivity (Wildman–Crippen MR) is 591 cm³/mol. The van der Waals surface area contributed by atoms with Crippen LogP contribution in [0.2, 0.25) is 30.1 Å². The van der Waals surface area contributed by atoms with Gasteiger partial charge in [0.25, 0.3) is 0 Å². The van der Waals surface area contributed by atoms with E-state index in [0.29, 0.717) is 128 Å². The largest absolute Gasteiger partial charge is 0.455 e. The summed E-state index contributed by atoms with van der Waals surface area (Å²) in [5, 5.41) is 38.3. The van der Waals surface area contributed by atoms with Gasteiger partial charge in [0.15, 0.2) is 28.7 Å². The summed E-state index contributed by atoms with van der Waals surface area (Å²) in [6, 6.07) is 115. The lowest BCUT2D eigenvalue weighted by Crippen LogP contribution is -2.40. The van der Waals surface area contributed by atoms with Crippen molar-refractivity contribution >= 4 is 167 Å². The molecule has 0 aliphatic carbocycles. The molecule has 1 unspecified atom stereocenters. The third kappa shape index (κ3) is 33.1. The molecule has 144 heavy (non-hydrogen) atoms. The Morgan fingerprint density at radius 3 is 1.13 bits per heavy atom. The Bertz CT molecular complexity index is 6830. The number of hydrogen-bond acceptors (Lipinski definition) is 16. The molecule has 0 spiro atoms. The van der Waals surface area contributed by atoms with E-state index in [1.54, 1.807) is 72.5 Å². The number of nitrogens with one attached hydrogen (secondary N) is 10. The van der Waals surface area contributed by atoms with E-state index in [2.05, 4.69) is 97.3 Å². The number of fused-ring (bicyclic) bond motifs is 1. The highest BCUT2D eigenvalue weighted by Crippen LogP contribution is 2.40. The van der Waals surface area contributed by atoms with Crippen LogP contribution in [-0.2, 0) is 50.2 Å². The van der Waals surface area contributed by atoms with Crippen LogP contribution >= 0.6 is 69.6 Å². The molecule has 0 saturated carbocycles. The van der Waals surface area contributed by atoms with Gasteiger partial charge in [0.05, 0.1) is 40.2 Å². The third-order valence-electron chi connectivity index (χ3n) is 22.5. The van der Waals surface area contributed by atoms with Gasteiger partial charge < -0.3 is 81.8 Å². The molecule has 0 aromatic heterocycles. The maximum absolute atomic E-state index is 12.7. The molecule has 1 heterocycles. The van der Waals surface area contributed by atoms with Crippen LogP contribution in [0.5, 0.6) is 57.5 Å². The second-order valence-corrected chi connectivity index (χ2v) is 36.1. The number of anilines is 10. The van der Waals surface area contributed by atoms with Gasteiger partial charge in [0, 0.05) is 138 Å². The summed E-state index contributed by atoms with van der Waals surface area (Å²) in [6.45, 7) is 16.6. The number of carbonyl (C=O) groups excluding carboxylic acids is 5. The molecule has 1 aliphatic rings. The number of aryl methyl sites for hydroxylation is 1. The molecule has 0 radical (unpaired) electrons. The van der Waals surface area contributed by atoms with Gasteiger partial charge in [-0.15, -0.1) is 0 Å². The predicted octanol–water partition coefficient (Wildman–Crippen LogP) is 31.9. The van der Waals surface area contributed by atoms with Crippen molar-refractivity contribution < 1.29 is 47.7 Å². The first-order valence-electron chi connectivity index (χ1n) is 46.8. The van der Waals surface area contributed by atoms with Gasteiger partial charge in [-0.05, 0) is 291 Å². The van der Waals surface area contributed by atoms with Crippen LogP contribution in [0.1, 0.15) is 93.8 Å². The smallest absolute Gasteiger partial charge is 0.227 e. The summed E-state index contributed by atoms with van der Waals surface area (Å²) in [4.78, 5) is 60.7. The number of halogens is 6. The SMILES string of the molecule is CC(=O)N1CCC(C(=O)Nc2cccc(CNc3ccccc3Oc3ccc(Cl)cc3)c2)CC1.CC(=O)Nc1c(CNc2ccccc2Oc2ccc(Cl)cc2)ccc2ccccc12.CC(=O)Nc1ccc(C)cc1CNc1ccccc1Oc1ccc(Cl)cc1.CC(=O)Nc1ccc(Cl)cc1CNc1ccccc1Oc1ccc(Cl)cc1.CCNc1ccccc1C(C)Nc1ccccc1Oc1ccc(Cl)cc1. The van der Waals surface area contributed by atoms with Crippen molar-refractivity contribution in [3.05, 3.63) is 427 Å². The van der Waals surface area contributed by atoms with Crippen LogP contribution in [0, 0.1) is 12.8 Å².